The van der Waals surface area contributed by atoms with Crippen molar-refractivity contribution in [3.05, 3.63) is 59.7 Å². The molecule has 0 saturated carbocycles. The first-order chi connectivity index (χ1) is 11.7. The summed E-state index contributed by atoms with van der Waals surface area (Å²) in [7, 11) is 4.78. The number of nitrogens with one attached hydrogen (secondary N) is 1. The quantitative estimate of drug-likeness (QED) is 0.794. The molecular formula is C19H21NO4. The van der Waals surface area contributed by atoms with Gasteiger partial charge in [-0.2, -0.15) is 0 Å². The largest absolute Gasteiger partial charge is 0.497 e. The van der Waals surface area contributed by atoms with Crippen molar-refractivity contribution < 1.29 is 19.0 Å². The molecule has 0 aliphatic rings. The maximum Gasteiger partial charge on any atom is 0.244 e. The van der Waals surface area contributed by atoms with E-state index < -0.39 is 0 Å². The van der Waals surface area contributed by atoms with Gasteiger partial charge in [0.05, 0.1) is 21.3 Å². The second-order valence-electron chi connectivity index (χ2n) is 4.97. The minimum absolute atomic E-state index is 0.196. The van der Waals surface area contributed by atoms with Crippen LogP contribution in [0.4, 0.5) is 0 Å². The zero-order chi connectivity index (χ0) is 17.4. The molecular weight excluding hydrogens is 306 g/mol. The van der Waals surface area contributed by atoms with Crippen molar-refractivity contribution in [2.45, 2.75) is 6.54 Å². The average molecular weight is 327 g/mol. The highest BCUT2D eigenvalue weighted by molar-refractivity contribution is 5.92. The Morgan fingerprint density at radius 3 is 2.46 bits per heavy atom. The van der Waals surface area contributed by atoms with Gasteiger partial charge in [-0.05, 0) is 24.3 Å². The fraction of sp³-hybridized carbons (Fsp3) is 0.211. The minimum Gasteiger partial charge on any atom is -0.497 e. The second-order valence-corrected chi connectivity index (χ2v) is 4.97. The first-order valence-corrected chi connectivity index (χ1v) is 7.47. The second kappa shape index (κ2) is 8.62. The van der Waals surface area contributed by atoms with Crippen LogP contribution in [0.2, 0.25) is 0 Å². The van der Waals surface area contributed by atoms with Gasteiger partial charge in [-0.15, -0.1) is 0 Å². The molecule has 0 spiro atoms. The summed E-state index contributed by atoms with van der Waals surface area (Å²) in [6.45, 7) is 0.396. The number of carbonyl (C=O) groups excluding carboxylic acids is 1. The molecule has 1 amide bonds. The summed E-state index contributed by atoms with van der Waals surface area (Å²) < 4.78 is 15.7. The Bertz CT molecular complexity index is 725. The molecule has 2 aromatic rings. The Balaban J connectivity index is 2.00. The molecule has 1 N–H and O–H groups in total. The molecule has 0 heterocycles. The Morgan fingerprint density at radius 2 is 1.75 bits per heavy atom. The number of methoxy groups -OCH3 is 3. The van der Waals surface area contributed by atoms with E-state index in [0.29, 0.717) is 18.0 Å². The van der Waals surface area contributed by atoms with Gasteiger partial charge in [0, 0.05) is 29.8 Å². The highest BCUT2D eigenvalue weighted by Crippen LogP contribution is 2.25. The van der Waals surface area contributed by atoms with Gasteiger partial charge in [-0.1, -0.05) is 18.2 Å². The van der Waals surface area contributed by atoms with E-state index in [1.807, 2.05) is 36.4 Å². The highest BCUT2D eigenvalue weighted by atomic mass is 16.5. The van der Waals surface area contributed by atoms with E-state index in [0.717, 1.165) is 16.9 Å². The molecule has 126 valence electrons. The third kappa shape index (κ3) is 4.52. The Labute approximate surface area is 141 Å². The summed E-state index contributed by atoms with van der Waals surface area (Å²) in [4.78, 5) is 12.0. The van der Waals surface area contributed by atoms with Crippen molar-refractivity contribution in [1.82, 2.24) is 5.32 Å². The average Bonchev–Trinajstić information content (AvgIpc) is 2.64. The number of benzene rings is 2. The molecule has 2 rings (SSSR count). The van der Waals surface area contributed by atoms with Crippen LogP contribution in [0.25, 0.3) is 6.08 Å². The van der Waals surface area contributed by atoms with Crippen LogP contribution >= 0.6 is 0 Å². The Morgan fingerprint density at radius 1 is 1.00 bits per heavy atom. The van der Waals surface area contributed by atoms with E-state index in [4.69, 9.17) is 14.2 Å². The van der Waals surface area contributed by atoms with Crippen molar-refractivity contribution >= 4 is 12.0 Å². The predicted octanol–water partition coefficient (Wildman–Crippen LogP) is 3.04. The van der Waals surface area contributed by atoms with Crippen LogP contribution in [-0.4, -0.2) is 27.2 Å². The van der Waals surface area contributed by atoms with Crippen molar-refractivity contribution in [2.24, 2.45) is 0 Å². The van der Waals surface area contributed by atoms with E-state index in [1.165, 1.54) is 6.08 Å². The molecule has 5 nitrogen and oxygen atoms in total. The zero-order valence-corrected chi connectivity index (χ0v) is 14.0. The summed E-state index contributed by atoms with van der Waals surface area (Å²) in [5, 5.41) is 2.83. The molecule has 0 aromatic heterocycles. The summed E-state index contributed by atoms with van der Waals surface area (Å²) in [6.07, 6.45) is 3.18. The fourth-order valence-corrected chi connectivity index (χ4v) is 2.21. The number of rotatable bonds is 7. The predicted molar refractivity (Wildman–Crippen MR) is 93.4 cm³/mol. The van der Waals surface area contributed by atoms with E-state index in [9.17, 15) is 4.79 Å². The summed E-state index contributed by atoms with van der Waals surface area (Å²) in [5.74, 6) is 1.89. The molecule has 0 aliphatic carbocycles. The first-order valence-electron chi connectivity index (χ1n) is 7.47. The molecule has 0 saturated heterocycles. The third-order valence-corrected chi connectivity index (χ3v) is 3.50. The van der Waals surface area contributed by atoms with Crippen molar-refractivity contribution in [3.8, 4) is 17.2 Å². The van der Waals surface area contributed by atoms with E-state index in [2.05, 4.69) is 5.32 Å². The maximum atomic E-state index is 12.0. The van der Waals surface area contributed by atoms with Gasteiger partial charge in [0.15, 0.2) is 0 Å². The number of carbonyl (C=O) groups is 1. The number of hydrogen-bond acceptors (Lipinski definition) is 4. The summed E-state index contributed by atoms with van der Waals surface area (Å²) in [5.41, 5.74) is 1.72. The molecule has 0 atom stereocenters. The van der Waals surface area contributed by atoms with Gasteiger partial charge in [0.25, 0.3) is 0 Å². The van der Waals surface area contributed by atoms with Crippen LogP contribution < -0.4 is 19.5 Å². The lowest BCUT2D eigenvalue weighted by Gasteiger charge is -2.09. The Hall–Kier alpha value is -2.95. The highest BCUT2D eigenvalue weighted by Gasteiger charge is 2.05. The van der Waals surface area contributed by atoms with Crippen LogP contribution in [0.15, 0.2) is 48.5 Å². The molecule has 0 fully saturated rings. The lowest BCUT2D eigenvalue weighted by molar-refractivity contribution is -0.116. The Kier molecular flexibility index (Phi) is 6.25. The zero-order valence-electron chi connectivity index (χ0n) is 14.0. The molecule has 5 heteroatoms. The molecule has 24 heavy (non-hydrogen) atoms. The van der Waals surface area contributed by atoms with Crippen molar-refractivity contribution in [2.75, 3.05) is 21.3 Å². The molecule has 2 aromatic carbocycles. The monoisotopic (exact) mass is 327 g/mol. The number of para-hydroxylation sites is 1. The minimum atomic E-state index is -0.196. The van der Waals surface area contributed by atoms with E-state index in [-0.39, 0.29) is 5.91 Å². The van der Waals surface area contributed by atoms with Gasteiger partial charge in [0.1, 0.15) is 17.2 Å². The summed E-state index contributed by atoms with van der Waals surface area (Å²) >= 11 is 0. The maximum absolute atomic E-state index is 12.0. The van der Waals surface area contributed by atoms with Gasteiger partial charge in [-0.3, -0.25) is 4.79 Å². The van der Waals surface area contributed by atoms with E-state index in [1.54, 1.807) is 33.5 Å². The lowest BCUT2D eigenvalue weighted by atomic mass is 10.1. The van der Waals surface area contributed by atoms with Crippen LogP contribution in [0.5, 0.6) is 17.2 Å². The van der Waals surface area contributed by atoms with Gasteiger partial charge in [-0.25, -0.2) is 0 Å². The number of hydrogen-bond donors (Lipinski definition) is 1. The normalized spacial score (nSPS) is 10.5. The first kappa shape index (κ1) is 17.4. The lowest BCUT2D eigenvalue weighted by Crippen LogP contribution is -2.20. The van der Waals surface area contributed by atoms with Gasteiger partial charge >= 0.3 is 0 Å². The number of amides is 1. The van der Waals surface area contributed by atoms with E-state index >= 15 is 0 Å². The molecule has 0 bridgehead atoms. The van der Waals surface area contributed by atoms with Crippen molar-refractivity contribution in [3.63, 3.8) is 0 Å². The summed E-state index contributed by atoms with van der Waals surface area (Å²) in [6, 6.07) is 13.0. The van der Waals surface area contributed by atoms with Crippen LogP contribution in [-0.2, 0) is 11.3 Å². The number of ether oxygens (including phenoxy) is 3. The van der Waals surface area contributed by atoms with Gasteiger partial charge in [0.2, 0.25) is 5.91 Å². The SMILES string of the molecule is COc1ccc(/C=C/C(=O)NCc2ccccc2OC)c(OC)c1. The topological polar surface area (TPSA) is 56.8 Å². The van der Waals surface area contributed by atoms with Crippen LogP contribution in [0.1, 0.15) is 11.1 Å². The van der Waals surface area contributed by atoms with Crippen LogP contribution in [0, 0.1) is 0 Å². The fourth-order valence-electron chi connectivity index (χ4n) is 2.21. The molecule has 0 unspecified atom stereocenters. The third-order valence-electron chi connectivity index (χ3n) is 3.50. The van der Waals surface area contributed by atoms with Gasteiger partial charge < -0.3 is 19.5 Å². The smallest absolute Gasteiger partial charge is 0.244 e. The molecule has 0 radical (unpaired) electrons. The molecule has 0 aliphatic heterocycles. The van der Waals surface area contributed by atoms with Crippen LogP contribution in [0.3, 0.4) is 0 Å². The standard InChI is InChI=1S/C19H21NO4/c1-22-16-10-8-14(18(12-16)24-3)9-11-19(21)20-13-15-6-4-5-7-17(15)23-2/h4-12H,13H2,1-3H3,(H,20,21)/b11-9+. The van der Waals surface area contributed by atoms with Crippen molar-refractivity contribution in [1.29, 1.82) is 0 Å².